The van der Waals surface area contributed by atoms with Crippen LogP contribution in [0.15, 0.2) is 47.5 Å². The predicted molar refractivity (Wildman–Crippen MR) is 112 cm³/mol. The second-order valence-electron chi connectivity index (χ2n) is 6.33. The number of rotatable bonds is 7. The van der Waals surface area contributed by atoms with Crippen molar-refractivity contribution < 1.29 is 23.5 Å². The third kappa shape index (κ3) is 5.55. The average molecular weight is 450 g/mol. The van der Waals surface area contributed by atoms with Gasteiger partial charge in [0.1, 0.15) is 15.6 Å². The van der Waals surface area contributed by atoms with Gasteiger partial charge in [-0.3, -0.25) is 5.32 Å². The van der Waals surface area contributed by atoms with Crippen molar-refractivity contribution in [2.75, 3.05) is 5.32 Å². The van der Waals surface area contributed by atoms with Gasteiger partial charge in [0.15, 0.2) is 11.6 Å². The molecule has 1 heterocycles. The van der Waals surface area contributed by atoms with E-state index in [9.17, 15) is 23.5 Å². The summed E-state index contributed by atoms with van der Waals surface area (Å²) in [7, 11) is 0. The zero-order valence-electron chi connectivity index (χ0n) is 15.7. The molecule has 1 aromatic heterocycles. The van der Waals surface area contributed by atoms with E-state index in [0.29, 0.717) is 16.3 Å². The Bertz CT molecular complexity index is 1070. The first-order chi connectivity index (χ1) is 14.3. The summed E-state index contributed by atoms with van der Waals surface area (Å²) in [4.78, 5) is 23.8. The minimum absolute atomic E-state index is 0.0563. The summed E-state index contributed by atoms with van der Waals surface area (Å²) in [5.41, 5.74) is 2.43. The van der Waals surface area contributed by atoms with Crippen LogP contribution in [0, 0.1) is 18.6 Å². The van der Waals surface area contributed by atoms with E-state index in [2.05, 4.69) is 15.0 Å². The van der Waals surface area contributed by atoms with Crippen LogP contribution in [-0.2, 0) is 12.3 Å². The van der Waals surface area contributed by atoms with Gasteiger partial charge in [-0.25, -0.2) is 18.4 Å². The predicted octanol–water partition coefficient (Wildman–Crippen LogP) is 5.04. The fourth-order valence-electron chi connectivity index (χ4n) is 2.46. The normalized spacial score (nSPS) is 10.6. The first kappa shape index (κ1) is 21.7. The molecule has 0 saturated heterocycles. The number of carboxylic acid groups (broad SMARTS) is 1. The number of halogens is 2. The first-order valence-electron chi connectivity index (χ1n) is 8.73. The molecule has 3 aromatic rings. The van der Waals surface area contributed by atoms with E-state index in [-0.39, 0.29) is 17.1 Å². The summed E-state index contributed by atoms with van der Waals surface area (Å²) in [5, 5.41) is 14.9. The third-order valence-corrected chi connectivity index (χ3v) is 5.96. The lowest BCUT2D eigenvalue weighted by Gasteiger charge is -2.07. The van der Waals surface area contributed by atoms with E-state index < -0.39 is 23.6 Å². The molecule has 0 aliphatic rings. The maximum Gasteiger partial charge on any atom is 0.341 e. The van der Waals surface area contributed by atoms with Crippen molar-refractivity contribution in [1.29, 1.82) is 0 Å². The molecule has 0 atom stereocenters. The monoisotopic (exact) mass is 449 g/mol. The molecule has 0 fully saturated rings. The van der Waals surface area contributed by atoms with Gasteiger partial charge in [0.25, 0.3) is 0 Å². The number of carboxylic acids is 1. The molecule has 0 saturated carbocycles. The molecule has 0 aliphatic carbocycles. The number of anilines is 1. The van der Waals surface area contributed by atoms with Crippen molar-refractivity contribution in [3.05, 3.63) is 76.4 Å². The molecule has 0 spiro atoms. The highest BCUT2D eigenvalue weighted by Gasteiger charge is 2.22. The summed E-state index contributed by atoms with van der Waals surface area (Å²) >= 11 is 2.13. The third-order valence-electron chi connectivity index (χ3n) is 4.03. The number of nitrogens with zero attached hydrogens (tertiary/aromatic N) is 1. The Morgan fingerprint density at radius 2 is 1.80 bits per heavy atom. The maximum atomic E-state index is 13.2. The number of hydrogen-bond donors (Lipinski definition) is 3. The summed E-state index contributed by atoms with van der Waals surface area (Å²) in [6, 6.07) is 10.5. The molecule has 0 aliphatic heterocycles. The molecule has 30 heavy (non-hydrogen) atoms. The lowest BCUT2D eigenvalue weighted by molar-refractivity contribution is 0.0694. The van der Waals surface area contributed by atoms with Crippen LogP contribution in [0.25, 0.3) is 0 Å². The average Bonchev–Trinajstić information content (AvgIpc) is 3.11. The van der Waals surface area contributed by atoms with Crippen molar-refractivity contribution in [2.24, 2.45) is 0 Å². The molecule has 2 amide bonds. The van der Waals surface area contributed by atoms with Gasteiger partial charge >= 0.3 is 12.0 Å². The van der Waals surface area contributed by atoms with Gasteiger partial charge < -0.3 is 10.4 Å². The number of carbonyl (C=O) groups excluding carboxylic acids is 1. The van der Waals surface area contributed by atoms with Gasteiger partial charge in [-0.1, -0.05) is 47.7 Å². The maximum absolute atomic E-state index is 13.2. The molecule has 3 rings (SSSR count). The van der Waals surface area contributed by atoms with Crippen molar-refractivity contribution in [3.8, 4) is 0 Å². The minimum atomic E-state index is -1.20. The Morgan fingerprint density at radius 3 is 2.47 bits per heavy atom. The van der Waals surface area contributed by atoms with Gasteiger partial charge in [0, 0.05) is 12.3 Å². The molecule has 3 N–H and O–H groups in total. The van der Waals surface area contributed by atoms with Crippen molar-refractivity contribution in [3.63, 3.8) is 0 Å². The van der Waals surface area contributed by atoms with Crippen molar-refractivity contribution in [1.82, 2.24) is 9.69 Å². The van der Waals surface area contributed by atoms with Gasteiger partial charge in [0.05, 0.1) is 0 Å². The molecule has 6 nitrogen and oxygen atoms in total. The van der Waals surface area contributed by atoms with E-state index in [1.807, 2.05) is 31.2 Å². The van der Waals surface area contributed by atoms with Crippen LogP contribution in [0.2, 0.25) is 0 Å². The Kier molecular flexibility index (Phi) is 7.01. The van der Waals surface area contributed by atoms with Gasteiger partial charge in [-0.05, 0) is 41.7 Å². The fourth-order valence-corrected chi connectivity index (χ4v) is 4.36. The number of aryl methyl sites for hydroxylation is 1. The van der Waals surface area contributed by atoms with E-state index >= 15 is 0 Å². The molecule has 0 unspecified atom stereocenters. The largest absolute Gasteiger partial charge is 0.477 e. The van der Waals surface area contributed by atoms with Crippen molar-refractivity contribution in [2.45, 2.75) is 24.2 Å². The number of thioether (sulfide) groups is 1. The molecular formula is C20H17F2N3O3S2. The number of carbonyl (C=O) groups is 2. The van der Waals surface area contributed by atoms with Crippen LogP contribution in [0.1, 0.15) is 27.0 Å². The highest BCUT2D eigenvalue weighted by molar-refractivity contribution is 7.98. The first-order valence-corrected chi connectivity index (χ1v) is 10.5. The summed E-state index contributed by atoms with van der Waals surface area (Å²) in [6.45, 7) is 1.93. The number of amides is 2. The Hall–Kier alpha value is -2.98. The minimum Gasteiger partial charge on any atom is -0.477 e. The fraction of sp³-hybridized carbons (Fsp3) is 0.150. The molecule has 0 bridgehead atoms. The van der Waals surface area contributed by atoms with Crippen LogP contribution in [0.3, 0.4) is 0 Å². The van der Waals surface area contributed by atoms with Crippen LogP contribution in [0.5, 0.6) is 0 Å². The Balaban J connectivity index is 1.63. The molecule has 156 valence electrons. The van der Waals surface area contributed by atoms with E-state index in [1.165, 1.54) is 17.8 Å². The Labute approximate surface area is 179 Å². The highest BCUT2D eigenvalue weighted by Crippen LogP contribution is 2.33. The standard InChI is InChI=1S/C20H17F2N3O3S2/c1-11-2-4-12(5-3-11)10-29-18-16(19(26)27)17(30-25-18)24-20(28)23-9-13-6-7-14(21)15(22)8-13/h2-8H,9-10H2,1H3,(H,26,27)(H2,23,24,28). The molecule has 10 heteroatoms. The quantitative estimate of drug-likeness (QED) is 0.440. The number of urea groups is 1. The van der Waals surface area contributed by atoms with Crippen LogP contribution in [0.4, 0.5) is 18.6 Å². The van der Waals surface area contributed by atoms with Crippen LogP contribution in [-0.4, -0.2) is 21.5 Å². The van der Waals surface area contributed by atoms with Gasteiger partial charge in [-0.15, -0.1) is 0 Å². The zero-order valence-corrected chi connectivity index (χ0v) is 17.4. The number of aromatic nitrogens is 1. The summed E-state index contributed by atoms with van der Waals surface area (Å²) in [5.74, 6) is -2.66. The smallest absolute Gasteiger partial charge is 0.341 e. The summed E-state index contributed by atoms with van der Waals surface area (Å²) < 4.78 is 30.3. The molecule has 2 aromatic carbocycles. The van der Waals surface area contributed by atoms with Crippen LogP contribution >= 0.6 is 23.3 Å². The molecule has 0 radical (unpaired) electrons. The van der Waals surface area contributed by atoms with Gasteiger partial charge in [-0.2, -0.15) is 4.37 Å². The van der Waals surface area contributed by atoms with E-state index in [4.69, 9.17) is 0 Å². The second-order valence-corrected chi connectivity index (χ2v) is 8.06. The lowest BCUT2D eigenvalue weighted by Crippen LogP contribution is -2.28. The van der Waals surface area contributed by atoms with E-state index in [0.717, 1.165) is 34.8 Å². The second kappa shape index (κ2) is 9.68. The number of nitrogens with one attached hydrogen (secondary N) is 2. The van der Waals surface area contributed by atoms with Crippen LogP contribution < -0.4 is 10.6 Å². The van der Waals surface area contributed by atoms with E-state index in [1.54, 1.807) is 0 Å². The van der Waals surface area contributed by atoms with Gasteiger partial charge in [0.2, 0.25) is 0 Å². The Morgan fingerprint density at radius 1 is 1.10 bits per heavy atom. The van der Waals surface area contributed by atoms with Crippen molar-refractivity contribution >= 4 is 40.3 Å². The number of benzene rings is 2. The number of aromatic carboxylic acids is 1. The summed E-state index contributed by atoms with van der Waals surface area (Å²) in [6.07, 6.45) is 0. The SMILES string of the molecule is Cc1ccc(CSc2nsc(NC(=O)NCc3ccc(F)c(F)c3)c2C(=O)O)cc1. The lowest BCUT2D eigenvalue weighted by atomic mass is 10.2. The zero-order chi connectivity index (χ0) is 21.7. The molecular weight excluding hydrogens is 432 g/mol. The number of hydrogen-bond acceptors (Lipinski definition) is 5. The topological polar surface area (TPSA) is 91.3 Å². The highest BCUT2D eigenvalue weighted by atomic mass is 32.2.